The van der Waals surface area contributed by atoms with Crippen molar-refractivity contribution in [3.63, 3.8) is 0 Å². The number of aliphatic hydroxyl groups excluding tert-OH is 1. The van der Waals surface area contributed by atoms with Gasteiger partial charge >= 0.3 is 6.18 Å². The quantitative estimate of drug-likeness (QED) is 0.462. The second kappa shape index (κ2) is 11.7. The van der Waals surface area contributed by atoms with Gasteiger partial charge in [-0.05, 0) is 29.3 Å². The Bertz CT molecular complexity index is 999. The predicted molar refractivity (Wildman–Crippen MR) is 132 cm³/mol. The van der Waals surface area contributed by atoms with E-state index in [1.54, 1.807) is 6.07 Å². The zero-order valence-electron chi connectivity index (χ0n) is 19.6. The summed E-state index contributed by atoms with van der Waals surface area (Å²) in [6.45, 7) is 3.72. The van der Waals surface area contributed by atoms with Crippen molar-refractivity contribution < 1.29 is 23.0 Å². The third-order valence-electron chi connectivity index (χ3n) is 6.38. The average Bonchev–Trinajstić information content (AvgIpc) is 2.88. The van der Waals surface area contributed by atoms with Gasteiger partial charge in [-0.3, -0.25) is 4.90 Å². The molecule has 3 aromatic carbocycles. The van der Waals surface area contributed by atoms with Gasteiger partial charge in [-0.25, -0.2) is 0 Å². The third kappa shape index (κ3) is 7.07. The van der Waals surface area contributed by atoms with Crippen molar-refractivity contribution in [2.24, 2.45) is 0 Å². The molecule has 0 aliphatic carbocycles. The smallest absolute Gasteiger partial charge is 0.389 e. The number of rotatable bonds is 9. The summed E-state index contributed by atoms with van der Waals surface area (Å²) in [7, 11) is 0. The van der Waals surface area contributed by atoms with Crippen LogP contribution in [0.4, 0.5) is 18.9 Å². The van der Waals surface area contributed by atoms with Gasteiger partial charge in [-0.15, -0.1) is 0 Å². The highest BCUT2D eigenvalue weighted by atomic mass is 19.4. The van der Waals surface area contributed by atoms with Crippen LogP contribution in [-0.2, 0) is 10.9 Å². The van der Waals surface area contributed by atoms with E-state index in [0.29, 0.717) is 45.0 Å². The van der Waals surface area contributed by atoms with Crippen molar-refractivity contribution >= 4 is 5.69 Å². The minimum atomic E-state index is -4.35. The Labute approximate surface area is 204 Å². The first kappa shape index (κ1) is 25.2. The first-order valence-electron chi connectivity index (χ1n) is 11.9. The average molecular weight is 485 g/mol. The second-order valence-corrected chi connectivity index (χ2v) is 8.90. The summed E-state index contributed by atoms with van der Waals surface area (Å²) < 4.78 is 45.0. The number of anilines is 1. The molecular weight excluding hydrogens is 453 g/mol. The van der Waals surface area contributed by atoms with Crippen molar-refractivity contribution in [2.75, 3.05) is 50.8 Å². The SMILES string of the molecule is O[C@@H](COCC(c1ccccc1)c1ccccc1)CN1CCN(c2cccc(C(F)(F)F)c2)CC1. The highest BCUT2D eigenvalue weighted by molar-refractivity contribution is 5.49. The molecule has 0 spiro atoms. The summed E-state index contributed by atoms with van der Waals surface area (Å²) in [5, 5.41) is 10.6. The summed E-state index contributed by atoms with van der Waals surface area (Å²) >= 11 is 0. The number of alkyl halides is 3. The Morgan fingerprint density at radius 1 is 0.771 bits per heavy atom. The molecule has 1 fully saturated rings. The van der Waals surface area contributed by atoms with Gasteiger partial charge in [0.2, 0.25) is 0 Å². The van der Waals surface area contributed by atoms with Crippen LogP contribution in [0.5, 0.6) is 0 Å². The molecule has 1 heterocycles. The van der Waals surface area contributed by atoms with Crippen LogP contribution in [0.1, 0.15) is 22.6 Å². The highest BCUT2D eigenvalue weighted by Gasteiger charge is 2.31. The Hall–Kier alpha value is -2.87. The van der Waals surface area contributed by atoms with Crippen LogP contribution in [0.25, 0.3) is 0 Å². The number of halogens is 3. The Balaban J connectivity index is 1.25. The fourth-order valence-electron chi connectivity index (χ4n) is 4.50. The van der Waals surface area contributed by atoms with E-state index in [-0.39, 0.29) is 12.5 Å². The molecule has 1 aliphatic rings. The van der Waals surface area contributed by atoms with Crippen LogP contribution in [0.2, 0.25) is 0 Å². The maximum Gasteiger partial charge on any atom is 0.416 e. The Morgan fingerprint density at radius 3 is 1.94 bits per heavy atom. The lowest BCUT2D eigenvalue weighted by Gasteiger charge is -2.37. The van der Waals surface area contributed by atoms with Crippen molar-refractivity contribution in [1.82, 2.24) is 4.90 Å². The van der Waals surface area contributed by atoms with E-state index in [1.807, 2.05) is 41.3 Å². The molecule has 35 heavy (non-hydrogen) atoms. The number of ether oxygens (including phenoxy) is 1. The monoisotopic (exact) mass is 484 g/mol. The molecule has 0 bridgehead atoms. The zero-order valence-corrected chi connectivity index (χ0v) is 19.6. The molecule has 186 valence electrons. The molecule has 4 rings (SSSR count). The van der Waals surface area contributed by atoms with Crippen molar-refractivity contribution in [1.29, 1.82) is 0 Å². The molecule has 1 N–H and O–H groups in total. The third-order valence-corrected chi connectivity index (χ3v) is 6.38. The van der Waals surface area contributed by atoms with Crippen LogP contribution in [0.3, 0.4) is 0 Å². The molecule has 0 amide bonds. The molecule has 0 unspecified atom stereocenters. The fraction of sp³-hybridized carbons (Fsp3) is 0.357. The van der Waals surface area contributed by atoms with Crippen LogP contribution < -0.4 is 4.90 Å². The number of nitrogens with zero attached hydrogens (tertiary/aromatic N) is 2. The second-order valence-electron chi connectivity index (χ2n) is 8.90. The molecule has 0 radical (unpaired) electrons. The van der Waals surface area contributed by atoms with E-state index in [2.05, 4.69) is 29.2 Å². The fourth-order valence-corrected chi connectivity index (χ4v) is 4.50. The number of hydrogen-bond acceptors (Lipinski definition) is 4. The molecule has 7 heteroatoms. The summed E-state index contributed by atoms with van der Waals surface area (Å²) in [5.41, 5.74) is 2.28. The number of piperazine rings is 1. The minimum Gasteiger partial charge on any atom is -0.389 e. The first-order chi connectivity index (χ1) is 16.9. The van der Waals surface area contributed by atoms with Gasteiger partial charge < -0.3 is 14.7 Å². The summed E-state index contributed by atoms with van der Waals surface area (Å²) in [4.78, 5) is 4.09. The van der Waals surface area contributed by atoms with Crippen molar-refractivity contribution in [3.05, 3.63) is 102 Å². The summed E-state index contributed by atoms with van der Waals surface area (Å²) in [6, 6.07) is 25.8. The van der Waals surface area contributed by atoms with Gasteiger partial charge in [0.1, 0.15) is 0 Å². The molecule has 4 nitrogen and oxygen atoms in total. The number of aliphatic hydroxyl groups is 1. The molecule has 3 aromatic rings. The normalized spacial score (nSPS) is 16.0. The van der Waals surface area contributed by atoms with Gasteiger partial charge in [-0.2, -0.15) is 13.2 Å². The van der Waals surface area contributed by atoms with Gasteiger partial charge in [0.15, 0.2) is 0 Å². The number of β-amino-alcohol motifs (C(OH)–C–C–N with tert-alkyl or cyclic N) is 1. The van der Waals surface area contributed by atoms with E-state index in [0.717, 1.165) is 6.07 Å². The number of benzene rings is 3. The molecule has 1 aliphatic heterocycles. The highest BCUT2D eigenvalue weighted by Crippen LogP contribution is 2.32. The van der Waals surface area contributed by atoms with Crippen LogP contribution in [0.15, 0.2) is 84.9 Å². The lowest BCUT2D eigenvalue weighted by molar-refractivity contribution is -0.137. The molecule has 1 saturated heterocycles. The van der Waals surface area contributed by atoms with Gasteiger partial charge in [-0.1, -0.05) is 66.7 Å². The molecular formula is C28H31F3N2O2. The molecule has 1 atom stereocenters. The lowest BCUT2D eigenvalue weighted by Crippen LogP contribution is -2.49. The first-order valence-corrected chi connectivity index (χ1v) is 11.9. The van der Waals surface area contributed by atoms with E-state index in [4.69, 9.17) is 4.74 Å². The standard InChI is InChI=1S/C28H31F3N2O2/c29-28(30,31)24-12-7-13-25(18-24)33-16-14-32(15-17-33)19-26(34)20-35-21-27(22-8-3-1-4-9-22)23-10-5-2-6-11-23/h1-13,18,26-27,34H,14-17,19-21H2/t26-/m1/s1. The van der Waals surface area contributed by atoms with Crippen LogP contribution in [0, 0.1) is 0 Å². The van der Waals surface area contributed by atoms with Gasteiger partial charge in [0.25, 0.3) is 0 Å². The van der Waals surface area contributed by atoms with Crippen LogP contribution in [-0.4, -0.2) is 62.0 Å². The topological polar surface area (TPSA) is 35.9 Å². The van der Waals surface area contributed by atoms with Crippen LogP contribution >= 0.6 is 0 Å². The van der Waals surface area contributed by atoms with E-state index < -0.39 is 17.8 Å². The Morgan fingerprint density at radius 2 is 1.37 bits per heavy atom. The summed E-state index contributed by atoms with van der Waals surface area (Å²) in [5.74, 6) is 0.0839. The predicted octanol–water partition coefficient (Wildman–Crippen LogP) is 5.04. The van der Waals surface area contributed by atoms with Gasteiger partial charge in [0, 0.05) is 44.3 Å². The number of hydrogen-bond donors (Lipinski definition) is 1. The maximum atomic E-state index is 13.0. The van der Waals surface area contributed by atoms with E-state index in [9.17, 15) is 18.3 Å². The Kier molecular flexibility index (Phi) is 8.44. The van der Waals surface area contributed by atoms with Crippen molar-refractivity contribution in [2.45, 2.75) is 18.2 Å². The zero-order chi connectivity index (χ0) is 24.7. The van der Waals surface area contributed by atoms with Crippen molar-refractivity contribution in [3.8, 4) is 0 Å². The molecule has 0 saturated carbocycles. The van der Waals surface area contributed by atoms with Gasteiger partial charge in [0.05, 0.1) is 24.9 Å². The summed E-state index contributed by atoms with van der Waals surface area (Å²) in [6.07, 6.45) is -4.98. The van der Waals surface area contributed by atoms with E-state index >= 15 is 0 Å². The largest absolute Gasteiger partial charge is 0.416 e. The lowest BCUT2D eigenvalue weighted by atomic mass is 9.92. The van der Waals surface area contributed by atoms with E-state index in [1.165, 1.54) is 23.3 Å². The molecule has 0 aromatic heterocycles. The maximum absolute atomic E-state index is 13.0. The minimum absolute atomic E-state index is 0.0839.